The summed E-state index contributed by atoms with van der Waals surface area (Å²) in [4.78, 5) is 4.24. The molecule has 2 rings (SSSR count). The first-order valence-corrected chi connectivity index (χ1v) is 6.42. The van der Waals surface area contributed by atoms with Gasteiger partial charge in [0.1, 0.15) is 0 Å². The SMILES string of the molecule is NNC(CCCC(F)(F)F)Cn1cnc2ccccc21. The second kappa shape index (κ2) is 6.23. The summed E-state index contributed by atoms with van der Waals surface area (Å²) in [5.74, 6) is 5.42. The number of imidazole rings is 1. The molecule has 0 saturated heterocycles. The number of nitrogens with two attached hydrogens (primary N) is 1. The Balaban J connectivity index is 1.96. The summed E-state index contributed by atoms with van der Waals surface area (Å²) in [7, 11) is 0. The van der Waals surface area contributed by atoms with Gasteiger partial charge in [0.2, 0.25) is 0 Å². The van der Waals surface area contributed by atoms with Crippen molar-refractivity contribution in [2.24, 2.45) is 5.84 Å². The predicted octanol–water partition coefficient (Wildman–Crippen LogP) is 2.60. The summed E-state index contributed by atoms with van der Waals surface area (Å²) >= 11 is 0. The number of halogens is 3. The third kappa shape index (κ3) is 3.94. The van der Waals surface area contributed by atoms with Crippen molar-refractivity contribution in [1.82, 2.24) is 15.0 Å². The number of alkyl halides is 3. The third-order valence-electron chi connectivity index (χ3n) is 3.19. The molecule has 3 N–H and O–H groups in total. The van der Waals surface area contributed by atoms with Crippen molar-refractivity contribution in [3.05, 3.63) is 30.6 Å². The zero-order chi connectivity index (χ0) is 14.6. The first-order valence-electron chi connectivity index (χ1n) is 6.42. The van der Waals surface area contributed by atoms with Gasteiger partial charge in [-0.25, -0.2) is 4.98 Å². The Morgan fingerprint density at radius 1 is 1.30 bits per heavy atom. The Morgan fingerprint density at radius 2 is 2.05 bits per heavy atom. The van der Waals surface area contributed by atoms with Crippen LogP contribution in [0.2, 0.25) is 0 Å². The molecule has 1 aromatic heterocycles. The number of para-hydroxylation sites is 2. The minimum absolute atomic E-state index is 0.0605. The van der Waals surface area contributed by atoms with E-state index >= 15 is 0 Å². The van der Waals surface area contributed by atoms with E-state index in [1.165, 1.54) is 0 Å². The van der Waals surface area contributed by atoms with Crippen molar-refractivity contribution >= 4 is 11.0 Å². The van der Waals surface area contributed by atoms with Gasteiger partial charge in [-0.05, 0) is 25.0 Å². The van der Waals surface area contributed by atoms with Gasteiger partial charge >= 0.3 is 6.18 Å². The fourth-order valence-electron chi connectivity index (χ4n) is 2.17. The Labute approximate surface area is 114 Å². The first-order chi connectivity index (χ1) is 9.49. The van der Waals surface area contributed by atoms with Gasteiger partial charge in [-0.2, -0.15) is 13.2 Å². The van der Waals surface area contributed by atoms with E-state index in [1.807, 2.05) is 28.8 Å². The topological polar surface area (TPSA) is 55.9 Å². The lowest BCUT2D eigenvalue weighted by Crippen LogP contribution is -2.38. The number of fused-ring (bicyclic) bond motifs is 1. The molecule has 1 heterocycles. The van der Waals surface area contributed by atoms with E-state index in [1.54, 1.807) is 6.33 Å². The van der Waals surface area contributed by atoms with Gasteiger partial charge in [0.05, 0.1) is 17.4 Å². The van der Waals surface area contributed by atoms with E-state index in [-0.39, 0.29) is 12.5 Å². The zero-order valence-electron chi connectivity index (χ0n) is 10.9. The molecular weight excluding hydrogens is 269 g/mol. The predicted molar refractivity (Wildman–Crippen MR) is 70.8 cm³/mol. The van der Waals surface area contributed by atoms with Crippen molar-refractivity contribution in [2.45, 2.75) is 38.0 Å². The quantitative estimate of drug-likeness (QED) is 0.634. The fraction of sp³-hybridized carbons (Fsp3) is 0.462. The lowest BCUT2D eigenvalue weighted by atomic mass is 10.1. The number of nitrogens with zero attached hydrogens (tertiary/aromatic N) is 2. The van der Waals surface area contributed by atoms with E-state index in [2.05, 4.69) is 10.4 Å². The minimum Gasteiger partial charge on any atom is -0.329 e. The number of nitrogens with one attached hydrogen (secondary N) is 1. The molecule has 1 aromatic carbocycles. The highest BCUT2D eigenvalue weighted by molar-refractivity contribution is 5.74. The van der Waals surface area contributed by atoms with Crippen molar-refractivity contribution in [3.8, 4) is 0 Å². The van der Waals surface area contributed by atoms with Gasteiger partial charge in [-0.3, -0.25) is 11.3 Å². The van der Waals surface area contributed by atoms with Gasteiger partial charge < -0.3 is 4.57 Å². The Bertz CT molecular complexity index is 550. The van der Waals surface area contributed by atoms with Crippen molar-refractivity contribution < 1.29 is 13.2 Å². The largest absolute Gasteiger partial charge is 0.389 e. The van der Waals surface area contributed by atoms with Gasteiger partial charge in [0, 0.05) is 19.0 Å². The Kier molecular flexibility index (Phi) is 4.61. The highest BCUT2D eigenvalue weighted by atomic mass is 19.4. The molecule has 0 radical (unpaired) electrons. The minimum atomic E-state index is -4.11. The number of rotatable bonds is 6. The highest BCUT2D eigenvalue weighted by Gasteiger charge is 2.26. The van der Waals surface area contributed by atoms with E-state index in [0.29, 0.717) is 13.0 Å². The summed E-state index contributed by atoms with van der Waals surface area (Å²) < 4.78 is 38.3. The molecule has 4 nitrogen and oxygen atoms in total. The first kappa shape index (κ1) is 14.8. The fourth-order valence-corrected chi connectivity index (χ4v) is 2.17. The van der Waals surface area contributed by atoms with Crippen molar-refractivity contribution in [2.75, 3.05) is 0 Å². The Hall–Kier alpha value is -1.60. The van der Waals surface area contributed by atoms with Crippen LogP contribution in [0.25, 0.3) is 11.0 Å². The number of hydrogen-bond donors (Lipinski definition) is 2. The molecule has 0 aliphatic carbocycles. The van der Waals surface area contributed by atoms with Gasteiger partial charge in [-0.1, -0.05) is 12.1 Å². The van der Waals surface area contributed by atoms with Crippen molar-refractivity contribution in [3.63, 3.8) is 0 Å². The highest BCUT2D eigenvalue weighted by Crippen LogP contribution is 2.23. The lowest BCUT2D eigenvalue weighted by molar-refractivity contribution is -0.135. The molecule has 2 aromatic rings. The normalized spacial score (nSPS) is 13.8. The summed E-state index contributed by atoms with van der Waals surface area (Å²) in [6.45, 7) is 0.495. The van der Waals surface area contributed by atoms with Crippen LogP contribution in [0.1, 0.15) is 19.3 Å². The second-order valence-corrected chi connectivity index (χ2v) is 4.76. The molecule has 1 unspecified atom stereocenters. The number of hydrogen-bond acceptors (Lipinski definition) is 3. The standard InChI is InChI=1S/C13H17F3N4/c14-13(15,16)7-3-4-10(19-17)8-20-9-18-11-5-1-2-6-12(11)20/h1-2,5-6,9-10,19H,3-4,7-8,17H2. The van der Waals surface area contributed by atoms with Crippen LogP contribution < -0.4 is 11.3 Å². The number of aromatic nitrogens is 2. The third-order valence-corrected chi connectivity index (χ3v) is 3.19. The molecule has 0 spiro atoms. The van der Waals surface area contributed by atoms with E-state index < -0.39 is 12.6 Å². The van der Waals surface area contributed by atoms with E-state index in [9.17, 15) is 13.2 Å². The van der Waals surface area contributed by atoms with E-state index in [0.717, 1.165) is 11.0 Å². The summed E-state index contributed by atoms with van der Waals surface area (Å²) in [6, 6.07) is 7.39. The molecule has 0 bridgehead atoms. The monoisotopic (exact) mass is 286 g/mol. The smallest absolute Gasteiger partial charge is 0.329 e. The second-order valence-electron chi connectivity index (χ2n) is 4.76. The maximum atomic E-state index is 12.1. The average molecular weight is 286 g/mol. The molecule has 110 valence electrons. The molecule has 0 aliphatic heterocycles. The van der Waals surface area contributed by atoms with Gasteiger partial charge in [0.25, 0.3) is 0 Å². The number of benzene rings is 1. The van der Waals surface area contributed by atoms with Gasteiger partial charge in [0.15, 0.2) is 0 Å². The van der Waals surface area contributed by atoms with E-state index in [4.69, 9.17) is 5.84 Å². The van der Waals surface area contributed by atoms with Crippen LogP contribution in [-0.4, -0.2) is 21.8 Å². The maximum absolute atomic E-state index is 12.1. The maximum Gasteiger partial charge on any atom is 0.389 e. The molecular formula is C13H17F3N4. The lowest BCUT2D eigenvalue weighted by Gasteiger charge is -2.17. The molecule has 0 fully saturated rings. The Morgan fingerprint density at radius 3 is 2.75 bits per heavy atom. The average Bonchev–Trinajstić information content (AvgIpc) is 2.79. The van der Waals surface area contributed by atoms with Crippen molar-refractivity contribution in [1.29, 1.82) is 0 Å². The van der Waals surface area contributed by atoms with Crippen LogP contribution in [0.3, 0.4) is 0 Å². The molecule has 0 saturated carbocycles. The van der Waals surface area contributed by atoms with Crippen LogP contribution in [0, 0.1) is 0 Å². The summed E-state index contributed by atoms with van der Waals surface area (Å²) in [6.07, 6.45) is -2.79. The van der Waals surface area contributed by atoms with Crippen LogP contribution >= 0.6 is 0 Å². The zero-order valence-corrected chi connectivity index (χ0v) is 10.9. The van der Waals surface area contributed by atoms with Crippen LogP contribution in [0.4, 0.5) is 13.2 Å². The molecule has 0 aliphatic rings. The van der Waals surface area contributed by atoms with Gasteiger partial charge in [-0.15, -0.1) is 0 Å². The molecule has 20 heavy (non-hydrogen) atoms. The molecule has 7 heteroatoms. The number of hydrazine groups is 1. The van der Waals surface area contributed by atoms with Crippen LogP contribution in [0.15, 0.2) is 30.6 Å². The van der Waals surface area contributed by atoms with Crippen LogP contribution in [-0.2, 0) is 6.54 Å². The molecule has 0 amide bonds. The summed E-state index contributed by atoms with van der Waals surface area (Å²) in [5.41, 5.74) is 4.38. The van der Waals surface area contributed by atoms with Crippen LogP contribution in [0.5, 0.6) is 0 Å². The summed E-state index contributed by atoms with van der Waals surface area (Å²) in [5, 5.41) is 0. The molecule has 1 atom stereocenters.